The zero-order chi connectivity index (χ0) is 18.0. The van der Waals surface area contributed by atoms with E-state index >= 15 is 0 Å². The molecule has 1 amide bonds. The van der Waals surface area contributed by atoms with E-state index in [2.05, 4.69) is 27.4 Å². The quantitative estimate of drug-likeness (QED) is 0.270. The standard InChI is InChI=1S/C17H35N5O2.HI/c1-6-7-8-19-15(18-5)20-9-10-21-11-13-22(14-12-21)16(23)24-17(2,3)4;/h6-14H2,1-5H3,(H2,18,19,20);1H. The molecule has 0 unspecified atom stereocenters. The highest BCUT2D eigenvalue weighted by atomic mass is 127. The van der Waals surface area contributed by atoms with Gasteiger partial charge in [0.1, 0.15) is 5.60 Å². The molecule has 0 bridgehead atoms. The van der Waals surface area contributed by atoms with Gasteiger partial charge in [0.2, 0.25) is 0 Å². The van der Waals surface area contributed by atoms with Crippen molar-refractivity contribution < 1.29 is 9.53 Å². The minimum atomic E-state index is -0.432. The summed E-state index contributed by atoms with van der Waals surface area (Å²) in [6.45, 7) is 13.8. The SMILES string of the molecule is CCCCNC(=NC)NCCN1CCN(C(=O)OC(C)(C)C)CC1.I. The molecule has 0 spiro atoms. The zero-order valence-electron chi connectivity index (χ0n) is 16.4. The van der Waals surface area contributed by atoms with E-state index in [1.165, 1.54) is 6.42 Å². The summed E-state index contributed by atoms with van der Waals surface area (Å²) in [5, 5.41) is 6.64. The number of aliphatic imine (C=N–C) groups is 1. The van der Waals surface area contributed by atoms with Gasteiger partial charge in [0.15, 0.2) is 5.96 Å². The lowest BCUT2D eigenvalue weighted by Crippen LogP contribution is -2.51. The number of nitrogens with one attached hydrogen (secondary N) is 2. The molecule has 7 nitrogen and oxygen atoms in total. The number of ether oxygens (including phenoxy) is 1. The molecule has 1 heterocycles. The largest absolute Gasteiger partial charge is 0.444 e. The monoisotopic (exact) mass is 469 g/mol. The number of hydrogen-bond donors (Lipinski definition) is 2. The first kappa shape index (κ1) is 24.2. The van der Waals surface area contributed by atoms with Crippen LogP contribution >= 0.6 is 24.0 Å². The molecule has 1 saturated heterocycles. The van der Waals surface area contributed by atoms with Crippen molar-refractivity contribution in [1.82, 2.24) is 20.4 Å². The smallest absolute Gasteiger partial charge is 0.410 e. The van der Waals surface area contributed by atoms with Gasteiger partial charge >= 0.3 is 6.09 Å². The van der Waals surface area contributed by atoms with Gasteiger partial charge in [0.05, 0.1) is 0 Å². The maximum atomic E-state index is 12.0. The van der Waals surface area contributed by atoms with Crippen LogP contribution in [-0.2, 0) is 4.74 Å². The third-order valence-corrected chi connectivity index (χ3v) is 3.79. The topological polar surface area (TPSA) is 69.2 Å². The Balaban J connectivity index is 0.00000576. The molecular formula is C17H36IN5O2. The van der Waals surface area contributed by atoms with Crippen molar-refractivity contribution in [2.75, 3.05) is 52.9 Å². The molecule has 2 N–H and O–H groups in total. The Labute approximate surface area is 170 Å². The fraction of sp³-hybridized carbons (Fsp3) is 0.882. The second kappa shape index (κ2) is 12.6. The van der Waals surface area contributed by atoms with Crippen molar-refractivity contribution in [3.8, 4) is 0 Å². The lowest BCUT2D eigenvalue weighted by molar-refractivity contribution is 0.0147. The fourth-order valence-electron chi connectivity index (χ4n) is 2.42. The van der Waals surface area contributed by atoms with Crippen molar-refractivity contribution in [3.05, 3.63) is 0 Å². The lowest BCUT2D eigenvalue weighted by atomic mass is 10.2. The van der Waals surface area contributed by atoms with E-state index in [9.17, 15) is 4.79 Å². The second-order valence-electron chi connectivity index (χ2n) is 7.09. The number of carbonyl (C=O) groups is 1. The molecule has 1 rings (SSSR count). The average Bonchev–Trinajstić information content (AvgIpc) is 2.52. The number of amides is 1. The fourth-order valence-corrected chi connectivity index (χ4v) is 2.42. The molecule has 0 atom stereocenters. The molecule has 0 aromatic carbocycles. The number of halogens is 1. The molecule has 0 aliphatic carbocycles. The van der Waals surface area contributed by atoms with Crippen LogP contribution in [0.1, 0.15) is 40.5 Å². The van der Waals surface area contributed by atoms with Crippen molar-refractivity contribution in [3.63, 3.8) is 0 Å². The highest BCUT2D eigenvalue weighted by Crippen LogP contribution is 2.11. The summed E-state index contributed by atoms with van der Waals surface area (Å²) in [5.41, 5.74) is -0.432. The van der Waals surface area contributed by atoms with Crippen LogP contribution in [0.25, 0.3) is 0 Å². The minimum Gasteiger partial charge on any atom is -0.444 e. The molecular weight excluding hydrogens is 433 g/mol. The van der Waals surface area contributed by atoms with Gasteiger partial charge in [-0.25, -0.2) is 4.79 Å². The third-order valence-electron chi connectivity index (χ3n) is 3.79. The van der Waals surface area contributed by atoms with E-state index in [4.69, 9.17) is 4.74 Å². The highest BCUT2D eigenvalue weighted by molar-refractivity contribution is 14.0. The molecule has 148 valence electrons. The molecule has 0 aromatic rings. The number of guanidine groups is 1. The average molecular weight is 469 g/mol. The molecule has 1 fully saturated rings. The Bertz CT molecular complexity index is 404. The maximum Gasteiger partial charge on any atom is 0.410 e. The van der Waals surface area contributed by atoms with Gasteiger partial charge < -0.3 is 20.3 Å². The van der Waals surface area contributed by atoms with E-state index in [0.29, 0.717) is 0 Å². The molecule has 8 heteroatoms. The predicted molar refractivity (Wildman–Crippen MR) is 114 cm³/mol. The van der Waals surface area contributed by atoms with Crippen LogP contribution in [0.2, 0.25) is 0 Å². The van der Waals surface area contributed by atoms with Gasteiger partial charge in [0.25, 0.3) is 0 Å². The second-order valence-corrected chi connectivity index (χ2v) is 7.09. The van der Waals surface area contributed by atoms with Crippen LogP contribution in [-0.4, -0.2) is 80.3 Å². The number of rotatable bonds is 6. The van der Waals surface area contributed by atoms with E-state index in [1.54, 1.807) is 11.9 Å². The number of hydrogen-bond acceptors (Lipinski definition) is 4. The summed E-state index contributed by atoms with van der Waals surface area (Å²) in [6, 6.07) is 0. The Kier molecular flexibility index (Phi) is 12.2. The van der Waals surface area contributed by atoms with E-state index in [1.807, 2.05) is 20.8 Å². The molecule has 1 aliphatic rings. The predicted octanol–water partition coefficient (Wildman–Crippen LogP) is 2.12. The summed E-state index contributed by atoms with van der Waals surface area (Å²) in [5.74, 6) is 0.857. The summed E-state index contributed by atoms with van der Waals surface area (Å²) in [7, 11) is 1.79. The van der Waals surface area contributed by atoms with Gasteiger partial charge in [-0.05, 0) is 27.2 Å². The maximum absolute atomic E-state index is 12.0. The first-order valence-corrected chi connectivity index (χ1v) is 9.00. The van der Waals surface area contributed by atoms with Crippen molar-refractivity contribution in [2.24, 2.45) is 4.99 Å². The summed E-state index contributed by atoms with van der Waals surface area (Å²) < 4.78 is 5.42. The molecule has 0 aromatic heterocycles. The van der Waals surface area contributed by atoms with Gasteiger partial charge in [-0.15, -0.1) is 24.0 Å². The Morgan fingerprint density at radius 1 is 1.12 bits per heavy atom. The lowest BCUT2D eigenvalue weighted by Gasteiger charge is -2.35. The van der Waals surface area contributed by atoms with Gasteiger partial charge in [0, 0.05) is 52.9 Å². The number of nitrogens with zero attached hydrogens (tertiary/aromatic N) is 3. The Morgan fingerprint density at radius 2 is 1.72 bits per heavy atom. The van der Waals surface area contributed by atoms with E-state index < -0.39 is 5.60 Å². The van der Waals surface area contributed by atoms with Crippen LogP contribution < -0.4 is 10.6 Å². The van der Waals surface area contributed by atoms with Gasteiger partial charge in [-0.1, -0.05) is 13.3 Å². The highest BCUT2D eigenvalue weighted by Gasteiger charge is 2.25. The summed E-state index contributed by atoms with van der Waals surface area (Å²) in [4.78, 5) is 20.4. The van der Waals surface area contributed by atoms with Crippen LogP contribution in [0.3, 0.4) is 0 Å². The number of piperazine rings is 1. The van der Waals surface area contributed by atoms with Gasteiger partial charge in [-0.3, -0.25) is 9.89 Å². The molecule has 0 saturated carbocycles. The Morgan fingerprint density at radius 3 is 2.24 bits per heavy atom. The molecule has 0 radical (unpaired) electrons. The van der Waals surface area contributed by atoms with Gasteiger partial charge in [-0.2, -0.15) is 0 Å². The molecule has 1 aliphatic heterocycles. The Hall–Kier alpha value is -0.770. The molecule has 25 heavy (non-hydrogen) atoms. The number of unbranched alkanes of at least 4 members (excludes halogenated alkanes) is 1. The third kappa shape index (κ3) is 10.7. The first-order chi connectivity index (χ1) is 11.4. The summed E-state index contributed by atoms with van der Waals surface area (Å²) >= 11 is 0. The summed E-state index contributed by atoms with van der Waals surface area (Å²) in [6.07, 6.45) is 2.11. The van der Waals surface area contributed by atoms with Crippen LogP contribution in [0, 0.1) is 0 Å². The van der Waals surface area contributed by atoms with Crippen LogP contribution in [0.15, 0.2) is 4.99 Å². The van der Waals surface area contributed by atoms with Crippen LogP contribution in [0.5, 0.6) is 0 Å². The van der Waals surface area contributed by atoms with Crippen molar-refractivity contribution >= 4 is 36.0 Å². The normalized spacial score (nSPS) is 16.2. The first-order valence-electron chi connectivity index (χ1n) is 9.00. The number of carbonyl (C=O) groups excluding carboxylic acids is 1. The zero-order valence-corrected chi connectivity index (χ0v) is 18.8. The van der Waals surface area contributed by atoms with Crippen molar-refractivity contribution in [2.45, 2.75) is 46.1 Å². The van der Waals surface area contributed by atoms with Crippen LogP contribution in [0.4, 0.5) is 4.79 Å². The minimum absolute atomic E-state index is 0. The van der Waals surface area contributed by atoms with Crippen molar-refractivity contribution in [1.29, 1.82) is 0 Å². The van der Waals surface area contributed by atoms with E-state index in [-0.39, 0.29) is 30.1 Å². The van der Waals surface area contributed by atoms with E-state index in [0.717, 1.165) is 58.2 Å².